The Morgan fingerprint density at radius 3 is 2.19 bits per heavy atom. The molecule has 2 heterocycles. The van der Waals surface area contributed by atoms with Gasteiger partial charge in [0.05, 0.1) is 16.8 Å². The molecule has 2 saturated heterocycles. The van der Waals surface area contributed by atoms with Crippen molar-refractivity contribution in [3.05, 3.63) is 81.9 Å². The maximum atomic E-state index is 13.2. The zero-order valence-electron chi connectivity index (χ0n) is 19.8. The van der Waals surface area contributed by atoms with E-state index in [9.17, 15) is 24.5 Å². The Labute approximate surface area is 208 Å². The van der Waals surface area contributed by atoms with Gasteiger partial charge in [0.2, 0.25) is 11.8 Å². The van der Waals surface area contributed by atoms with Crippen molar-refractivity contribution in [3.8, 4) is 0 Å². The fraction of sp³-hybridized carbons (Fsp3) is 0.393. The first-order valence-electron chi connectivity index (χ1n) is 12.6. The number of benzene rings is 2. The third-order valence-electron chi connectivity index (χ3n) is 8.40. The molecule has 3 fully saturated rings. The molecule has 4 atom stereocenters. The van der Waals surface area contributed by atoms with Gasteiger partial charge in [0, 0.05) is 24.7 Å². The number of carbonyl (C=O) groups excluding carboxylic acids is 3. The molecule has 184 valence electrons. The summed E-state index contributed by atoms with van der Waals surface area (Å²) in [7, 11) is 0. The molecule has 2 bridgehead atoms. The number of fused-ring (bicyclic) bond motifs is 5. The van der Waals surface area contributed by atoms with Gasteiger partial charge in [0.1, 0.15) is 5.69 Å². The molecule has 2 aliphatic heterocycles. The number of likely N-dealkylation sites (tertiary alicyclic amines) is 1. The topological polar surface area (TPSA) is 101 Å². The van der Waals surface area contributed by atoms with E-state index in [0.717, 1.165) is 30.6 Å². The second-order valence-corrected chi connectivity index (χ2v) is 10.4. The molecule has 3 amide bonds. The summed E-state index contributed by atoms with van der Waals surface area (Å²) in [6.07, 6.45) is 7.48. The Hall–Kier alpha value is -3.81. The van der Waals surface area contributed by atoms with Gasteiger partial charge in [-0.2, -0.15) is 0 Å². The van der Waals surface area contributed by atoms with E-state index in [0.29, 0.717) is 19.0 Å². The number of anilines is 1. The quantitative estimate of drug-likeness (QED) is 0.276. The van der Waals surface area contributed by atoms with Gasteiger partial charge in [-0.1, -0.05) is 42.5 Å². The van der Waals surface area contributed by atoms with E-state index in [1.807, 2.05) is 30.4 Å². The summed E-state index contributed by atoms with van der Waals surface area (Å²) in [6, 6.07) is 14.4. The van der Waals surface area contributed by atoms with Crippen molar-refractivity contribution in [2.45, 2.75) is 25.7 Å². The zero-order valence-corrected chi connectivity index (χ0v) is 19.8. The van der Waals surface area contributed by atoms with Gasteiger partial charge in [0.25, 0.3) is 11.6 Å². The lowest BCUT2D eigenvalue weighted by molar-refractivity contribution is -0.384. The third kappa shape index (κ3) is 3.63. The van der Waals surface area contributed by atoms with Crippen molar-refractivity contribution < 1.29 is 19.3 Å². The molecule has 8 heteroatoms. The summed E-state index contributed by atoms with van der Waals surface area (Å²) in [6.45, 7) is 1.18. The van der Waals surface area contributed by atoms with Crippen LogP contribution >= 0.6 is 0 Å². The Bertz CT molecular complexity index is 1250. The maximum Gasteiger partial charge on any atom is 0.294 e. The Kier molecular flexibility index (Phi) is 5.47. The van der Waals surface area contributed by atoms with E-state index < -0.39 is 16.8 Å². The van der Waals surface area contributed by atoms with Crippen molar-refractivity contribution in [1.29, 1.82) is 0 Å². The number of imide groups is 1. The van der Waals surface area contributed by atoms with Crippen LogP contribution < -0.4 is 4.90 Å². The van der Waals surface area contributed by atoms with Crippen molar-refractivity contribution >= 4 is 29.1 Å². The van der Waals surface area contributed by atoms with Gasteiger partial charge >= 0.3 is 0 Å². The fourth-order valence-electron chi connectivity index (χ4n) is 6.60. The molecule has 6 rings (SSSR count). The molecule has 0 spiro atoms. The minimum Gasteiger partial charge on any atom is -0.339 e. The van der Waals surface area contributed by atoms with Gasteiger partial charge in [-0.15, -0.1) is 0 Å². The molecule has 4 unspecified atom stereocenters. The van der Waals surface area contributed by atoms with E-state index in [4.69, 9.17) is 0 Å². The number of allylic oxidation sites excluding steroid dienone is 2. The number of nitrogens with zero attached hydrogens (tertiary/aromatic N) is 3. The highest BCUT2D eigenvalue weighted by atomic mass is 16.6. The van der Waals surface area contributed by atoms with E-state index in [1.54, 1.807) is 4.90 Å². The molecule has 1 saturated carbocycles. The predicted molar refractivity (Wildman–Crippen MR) is 132 cm³/mol. The van der Waals surface area contributed by atoms with Crippen molar-refractivity contribution in [1.82, 2.24) is 4.90 Å². The number of hydrogen-bond donors (Lipinski definition) is 0. The number of hydrogen-bond acceptors (Lipinski definition) is 5. The van der Waals surface area contributed by atoms with Crippen LogP contribution in [0.15, 0.2) is 60.7 Å². The zero-order chi connectivity index (χ0) is 25.0. The fourth-order valence-corrected chi connectivity index (χ4v) is 6.60. The summed E-state index contributed by atoms with van der Waals surface area (Å²) in [5.74, 6) is -1.35. The molecule has 8 nitrogen and oxygen atoms in total. The number of rotatable bonds is 5. The highest BCUT2D eigenvalue weighted by Crippen LogP contribution is 2.53. The van der Waals surface area contributed by atoms with Crippen LogP contribution in [0.5, 0.6) is 0 Å². The lowest BCUT2D eigenvalue weighted by atomic mass is 9.85. The minimum atomic E-state index is -0.611. The van der Waals surface area contributed by atoms with Crippen LogP contribution in [0.3, 0.4) is 0 Å². The molecule has 0 radical (unpaired) electrons. The molecule has 2 aromatic carbocycles. The largest absolute Gasteiger partial charge is 0.339 e. The maximum absolute atomic E-state index is 13.2. The Balaban J connectivity index is 1.19. The van der Waals surface area contributed by atoms with Crippen LogP contribution in [0, 0.1) is 39.7 Å². The van der Waals surface area contributed by atoms with Gasteiger partial charge in [-0.25, -0.2) is 4.90 Å². The minimum absolute atomic E-state index is 0.0196. The van der Waals surface area contributed by atoms with E-state index >= 15 is 0 Å². The lowest BCUT2D eigenvalue weighted by Gasteiger charge is -2.32. The van der Waals surface area contributed by atoms with Crippen molar-refractivity contribution in [2.75, 3.05) is 18.0 Å². The average molecular weight is 486 g/mol. The highest BCUT2D eigenvalue weighted by molar-refractivity contribution is 6.23. The molecular formula is C28H27N3O5. The SMILES string of the molecule is O=C(c1ccc(N2C(=O)C3C4C=CC(C4)C3C2=O)c([N+](=O)[O-])c1)N1CCC(Cc2ccccc2)CC1. The van der Waals surface area contributed by atoms with Crippen LogP contribution in [-0.4, -0.2) is 40.6 Å². The molecule has 2 aliphatic carbocycles. The van der Waals surface area contributed by atoms with E-state index in [-0.39, 0.29) is 46.5 Å². The van der Waals surface area contributed by atoms with Gasteiger partial charge < -0.3 is 4.90 Å². The molecule has 4 aliphatic rings. The lowest BCUT2D eigenvalue weighted by Crippen LogP contribution is -2.39. The second kappa shape index (κ2) is 8.69. The van der Waals surface area contributed by atoms with Gasteiger partial charge in [-0.05, 0) is 61.1 Å². The summed E-state index contributed by atoms with van der Waals surface area (Å²) in [4.78, 5) is 53.6. The highest BCUT2D eigenvalue weighted by Gasteiger charge is 2.60. The summed E-state index contributed by atoms with van der Waals surface area (Å²) in [5, 5.41) is 12.0. The van der Waals surface area contributed by atoms with Crippen LogP contribution in [-0.2, 0) is 16.0 Å². The third-order valence-corrected chi connectivity index (χ3v) is 8.40. The van der Waals surface area contributed by atoms with Crippen LogP contribution in [0.2, 0.25) is 0 Å². The number of piperidine rings is 1. The summed E-state index contributed by atoms with van der Waals surface area (Å²) in [5.41, 5.74) is 1.06. The molecule has 0 N–H and O–H groups in total. The molecular weight excluding hydrogens is 458 g/mol. The first-order chi connectivity index (χ1) is 17.4. The smallest absolute Gasteiger partial charge is 0.294 e. The average Bonchev–Trinajstić information content (AvgIpc) is 3.58. The second-order valence-electron chi connectivity index (χ2n) is 10.4. The van der Waals surface area contributed by atoms with Crippen molar-refractivity contribution in [3.63, 3.8) is 0 Å². The Morgan fingerprint density at radius 1 is 0.944 bits per heavy atom. The van der Waals surface area contributed by atoms with Gasteiger partial charge in [0.15, 0.2) is 0 Å². The molecule has 2 aromatic rings. The number of carbonyl (C=O) groups is 3. The van der Waals surface area contributed by atoms with E-state index in [2.05, 4.69) is 12.1 Å². The molecule has 36 heavy (non-hydrogen) atoms. The van der Waals surface area contributed by atoms with Crippen LogP contribution in [0.4, 0.5) is 11.4 Å². The normalized spacial score (nSPS) is 27.1. The van der Waals surface area contributed by atoms with Crippen LogP contribution in [0.1, 0.15) is 35.2 Å². The summed E-state index contributed by atoms with van der Waals surface area (Å²) < 4.78 is 0. The first-order valence-corrected chi connectivity index (χ1v) is 12.6. The standard InChI is InChI=1S/C28H27N3O5/c32-26(29-12-10-18(11-13-29)14-17-4-2-1-3-5-17)21-8-9-22(23(16-21)31(35)36)30-27(33)24-19-6-7-20(15-19)25(24)28(30)34/h1-9,16,18-20,24-25H,10-15H2. The number of amides is 3. The number of nitro benzene ring substituents is 1. The summed E-state index contributed by atoms with van der Waals surface area (Å²) >= 11 is 0. The molecule has 0 aromatic heterocycles. The monoisotopic (exact) mass is 485 g/mol. The van der Waals surface area contributed by atoms with Gasteiger partial charge in [-0.3, -0.25) is 24.5 Å². The van der Waals surface area contributed by atoms with E-state index in [1.165, 1.54) is 23.8 Å². The first kappa shape index (κ1) is 22.6. The van der Waals surface area contributed by atoms with Crippen molar-refractivity contribution in [2.24, 2.45) is 29.6 Å². The Morgan fingerprint density at radius 2 is 1.58 bits per heavy atom. The predicted octanol–water partition coefficient (Wildman–Crippen LogP) is 4.00. The number of nitro groups is 1. The van der Waals surface area contributed by atoms with Crippen LogP contribution in [0.25, 0.3) is 0 Å².